The number of ether oxygens (including phenoxy) is 2. The molecule has 1 aliphatic carbocycles. The Bertz CT molecular complexity index is 773. The Balaban J connectivity index is 1.53. The zero-order valence-corrected chi connectivity index (χ0v) is 20.7. The van der Waals surface area contributed by atoms with Crippen molar-refractivity contribution in [1.82, 2.24) is 14.9 Å². The molecular formula is C24H36F3N3O3S. The second kappa shape index (κ2) is 13.0. The van der Waals surface area contributed by atoms with Gasteiger partial charge < -0.3 is 14.8 Å². The molecule has 2 fully saturated rings. The number of carbonyl (C=O) groups is 1. The van der Waals surface area contributed by atoms with Crippen LogP contribution in [0.5, 0.6) is 5.75 Å². The van der Waals surface area contributed by atoms with E-state index >= 15 is 0 Å². The Morgan fingerprint density at radius 3 is 2.65 bits per heavy atom. The Morgan fingerprint density at radius 1 is 1.21 bits per heavy atom. The first-order valence-electron chi connectivity index (χ1n) is 12.1. The number of amides is 1. The molecule has 6 nitrogen and oxygen atoms in total. The topological polar surface area (TPSA) is 62.8 Å². The molecule has 2 N–H and O–H groups in total. The van der Waals surface area contributed by atoms with E-state index in [-0.39, 0.29) is 35.8 Å². The molecule has 1 aromatic carbocycles. The van der Waals surface area contributed by atoms with Gasteiger partial charge in [-0.2, -0.15) is 0 Å². The van der Waals surface area contributed by atoms with Crippen molar-refractivity contribution >= 4 is 17.9 Å². The van der Waals surface area contributed by atoms with Gasteiger partial charge in [0.15, 0.2) is 0 Å². The van der Waals surface area contributed by atoms with Crippen LogP contribution in [0, 0.1) is 0 Å². The molecule has 1 unspecified atom stereocenters. The summed E-state index contributed by atoms with van der Waals surface area (Å²) in [5.74, 6) is 0.0706. The summed E-state index contributed by atoms with van der Waals surface area (Å²) in [6.45, 7) is 4.34. The summed E-state index contributed by atoms with van der Waals surface area (Å²) in [6.07, 6.45) is 2.97. The Labute approximate surface area is 204 Å². The van der Waals surface area contributed by atoms with Gasteiger partial charge in [-0.25, -0.2) is 0 Å². The molecule has 10 heteroatoms. The van der Waals surface area contributed by atoms with E-state index in [1.165, 1.54) is 12.1 Å². The number of halogens is 3. The van der Waals surface area contributed by atoms with Crippen molar-refractivity contribution in [1.29, 1.82) is 0 Å². The quantitative estimate of drug-likeness (QED) is 0.460. The van der Waals surface area contributed by atoms with Gasteiger partial charge in [0.05, 0.1) is 19.3 Å². The van der Waals surface area contributed by atoms with E-state index < -0.39 is 6.36 Å². The number of carbonyl (C=O) groups excluding carboxylic acids is 1. The van der Waals surface area contributed by atoms with Crippen molar-refractivity contribution < 1.29 is 27.4 Å². The van der Waals surface area contributed by atoms with E-state index in [1.54, 1.807) is 18.0 Å². The molecule has 2 atom stereocenters. The van der Waals surface area contributed by atoms with Crippen molar-refractivity contribution in [2.24, 2.45) is 0 Å². The molecular weight excluding hydrogens is 467 g/mol. The van der Waals surface area contributed by atoms with E-state index in [0.717, 1.165) is 50.6 Å². The fourth-order valence-corrected chi connectivity index (χ4v) is 5.61. The van der Waals surface area contributed by atoms with E-state index in [0.29, 0.717) is 19.7 Å². The normalized spacial score (nSPS) is 26.3. The van der Waals surface area contributed by atoms with Crippen molar-refractivity contribution in [3.8, 4) is 5.75 Å². The Morgan fingerprint density at radius 2 is 1.97 bits per heavy atom. The number of nitrogens with zero attached hydrogens (tertiary/aromatic N) is 1. The number of nitrogens with one attached hydrogen (secondary N) is 2. The zero-order valence-electron chi connectivity index (χ0n) is 19.9. The van der Waals surface area contributed by atoms with E-state index in [4.69, 9.17) is 4.74 Å². The molecule has 1 heterocycles. The number of likely N-dealkylation sites (tertiary alicyclic amines) is 1. The molecule has 1 aliphatic heterocycles. The third kappa shape index (κ3) is 8.32. The summed E-state index contributed by atoms with van der Waals surface area (Å²) in [4.78, 5) is 14.4. The second-order valence-corrected chi connectivity index (χ2v) is 9.63. The summed E-state index contributed by atoms with van der Waals surface area (Å²) < 4.78 is 51.5. The first-order chi connectivity index (χ1) is 16.3. The predicted molar refractivity (Wildman–Crippen MR) is 128 cm³/mol. The van der Waals surface area contributed by atoms with Crippen molar-refractivity contribution in [2.75, 3.05) is 32.5 Å². The number of rotatable bonds is 10. The lowest BCUT2D eigenvalue weighted by atomic mass is 9.82. The average Bonchev–Trinajstić information content (AvgIpc) is 2.78. The van der Waals surface area contributed by atoms with Gasteiger partial charge in [0.1, 0.15) is 5.75 Å². The molecule has 2 aliphatic rings. The number of piperidine rings is 1. The van der Waals surface area contributed by atoms with Crippen molar-refractivity contribution in [3.63, 3.8) is 0 Å². The molecule has 192 valence electrons. The number of alkyl halides is 3. The lowest BCUT2D eigenvalue weighted by Crippen LogP contribution is -2.57. The molecule has 1 saturated carbocycles. The molecule has 1 aromatic rings. The van der Waals surface area contributed by atoms with Crippen LogP contribution in [0.1, 0.15) is 56.9 Å². The molecule has 0 aromatic heterocycles. The van der Waals surface area contributed by atoms with Crippen LogP contribution < -0.4 is 14.8 Å². The number of benzene rings is 1. The first-order valence-corrected chi connectivity index (χ1v) is 13.3. The van der Waals surface area contributed by atoms with Crippen LogP contribution in [0.25, 0.3) is 0 Å². The van der Waals surface area contributed by atoms with Crippen molar-refractivity contribution in [2.45, 2.75) is 75.9 Å². The van der Waals surface area contributed by atoms with Crippen LogP contribution in [0.3, 0.4) is 0 Å². The van der Waals surface area contributed by atoms with Gasteiger partial charge in [0.2, 0.25) is 5.91 Å². The van der Waals surface area contributed by atoms with Gasteiger partial charge in [-0.05, 0) is 81.9 Å². The highest BCUT2D eigenvalue weighted by atomic mass is 32.2. The van der Waals surface area contributed by atoms with Gasteiger partial charge in [-0.1, -0.05) is 24.1 Å². The van der Waals surface area contributed by atoms with E-state index in [9.17, 15) is 18.0 Å². The zero-order chi connectivity index (χ0) is 24.6. The minimum atomic E-state index is -4.68. The third-order valence-electron chi connectivity index (χ3n) is 6.62. The highest BCUT2D eigenvalue weighted by molar-refractivity contribution is 7.96. The highest BCUT2D eigenvalue weighted by Crippen LogP contribution is 2.36. The highest BCUT2D eigenvalue weighted by Gasteiger charge is 2.34. The smallest absolute Gasteiger partial charge is 0.406 e. The molecule has 0 radical (unpaired) electrons. The van der Waals surface area contributed by atoms with Crippen molar-refractivity contribution in [3.05, 3.63) is 29.8 Å². The largest absolute Gasteiger partial charge is 0.573 e. The minimum absolute atomic E-state index is 0.0366. The molecule has 0 spiro atoms. The number of hydrogen-bond acceptors (Lipinski definition) is 6. The van der Waals surface area contributed by atoms with Crippen LogP contribution in [0.15, 0.2) is 24.3 Å². The van der Waals surface area contributed by atoms with Crippen LogP contribution in [0.4, 0.5) is 13.2 Å². The summed E-state index contributed by atoms with van der Waals surface area (Å²) >= 11 is 1.59. The molecule has 3 rings (SSSR count). The van der Waals surface area contributed by atoms with Crippen LogP contribution in [0.2, 0.25) is 0 Å². The standard InChI is InChI=1S/C24H36F3N3O3S/c1-3-28-23(31)15-30-13-5-8-21(29-34-2)22(30)16-32-19-11-9-17(10-12-19)18-6-4-7-20(14-18)33-24(25,26)27/h4,6-7,14,17,19,21-22,29H,3,5,8-13,15-16H2,1-2H3,(H,28,31)/t17?,19?,21?,22-/m0/s1. The molecule has 1 amide bonds. The maximum atomic E-state index is 12.5. The number of hydrogen-bond donors (Lipinski definition) is 2. The summed E-state index contributed by atoms with van der Waals surface area (Å²) in [6, 6.07) is 6.70. The van der Waals surface area contributed by atoms with Crippen LogP contribution in [-0.4, -0.2) is 67.9 Å². The van der Waals surface area contributed by atoms with Gasteiger partial charge in [-0.3, -0.25) is 14.4 Å². The lowest BCUT2D eigenvalue weighted by molar-refractivity contribution is -0.274. The van der Waals surface area contributed by atoms with Gasteiger partial charge in [0.25, 0.3) is 0 Å². The SMILES string of the molecule is CCNC(=O)CN1CCCC(NSC)[C@@H]1COC1CCC(c2cccc(OC(F)(F)F)c2)CC1. The van der Waals surface area contributed by atoms with Gasteiger partial charge in [-0.15, -0.1) is 13.2 Å². The van der Waals surface area contributed by atoms with Crippen LogP contribution in [-0.2, 0) is 9.53 Å². The van der Waals surface area contributed by atoms with E-state index in [1.807, 2.05) is 19.2 Å². The summed E-state index contributed by atoms with van der Waals surface area (Å²) in [5.41, 5.74) is 0.879. The maximum Gasteiger partial charge on any atom is 0.573 e. The third-order valence-corrected chi connectivity index (χ3v) is 7.16. The maximum absolute atomic E-state index is 12.5. The number of likely N-dealkylation sites (N-methyl/N-ethyl adjacent to an activating group) is 1. The summed E-state index contributed by atoms with van der Waals surface area (Å²) in [7, 11) is 0. The monoisotopic (exact) mass is 503 g/mol. The fraction of sp³-hybridized carbons (Fsp3) is 0.708. The molecule has 34 heavy (non-hydrogen) atoms. The first kappa shape index (κ1) is 27.1. The fourth-order valence-electron chi connectivity index (χ4n) is 5.03. The Kier molecular flexibility index (Phi) is 10.4. The van der Waals surface area contributed by atoms with Crippen LogP contribution >= 0.6 is 11.9 Å². The van der Waals surface area contributed by atoms with Gasteiger partial charge in [0, 0.05) is 18.6 Å². The lowest BCUT2D eigenvalue weighted by Gasteiger charge is -2.41. The predicted octanol–water partition coefficient (Wildman–Crippen LogP) is 4.46. The minimum Gasteiger partial charge on any atom is -0.406 e. The second-order valence-electron chi connectivity index (χ2n) is 8.99. The molecule has 0 bridgehead atoms. The van der Waals surface area contributed by atoms with Gasteiger partial charge >= 0.3 is 6.36 Å². The Hall–Kier alpha value is -1.49. The average molecular weight is 504 g/mol. The van der Waals surface area contributed by atoms with E-state index in [2.05, 4.69) is 19.7 Å². The molecule has 1 saturated heterocycles. The summed E-state index contributed by atoms with van der Waals surface area (Å²) in [5, 5.41) is 2.88.